The monoisotopic (exact) mass is 312 g/mol. The number of nitrogens with zero attached hydrogens (tertiary/aromatic N) is 1. The van der Waals surface area contributed by atoms with Gasteiger partial charge in [0.2, 0.25) is 10.0 Å². The van der Waals surface area contributed by atoms with Crippen molar-refractivity contribution in [2.75, 3.05) is 11.5 Å². The minimum atomic E-state index is -3.69. The third-order valence-electron chi connectivity index (χ3n) is 2.59. The molecule has 2 heterocycles. The Labute approximate surface area is 112 Å². The average Bonchev–Trinajstić information content (AvgIpc) is 2.57. The number of sulfonamides is 1. The van der Waals surface area contributed by atoms with Gasteiger partial charge < -0.3 is 0 Å². The van der Waals surface area contributed by atoms with Gasteiger partial charge in [0, 0.05) is 18.0 Å². The van der Waals surface area contributed by atoms with Crippen LogP contribution in [0.5, 0.6) is 0 Å². The van der Waals surface area contributed by atoms with Gasteiger partial charge >= 0.3 is 0 Å². The SMILES string of the molecule is O=S(=O)(NC1CCS(O)(O)C1)c1ccc(Cl)nc1. The molecule has 0 saturated carbocycles. The maximum Gasteiger partial charge on any atom is 0.242 e. The number of hydrogen-bond donors (Lipinski definition) is 3. The van der Waals surface area contributed by atoms with Crippen LogP contribution in [0.3, 0.4) is 0 Å². The highest BCUT2D eigenvalue weighted by Gasteiger charge is 2.31. The first kappa shape index (κ1) is 14.0. The molecule has 0 aromatic carbocycles. The molecule has 0 radical (unpaired) electrons. The fourth-order valence-electron chi connectivity index (χ4n) is 1.72. The second-order valence-corrected chi connectivity index (χ2v) is 8.54. The summed E-state index contributed by atoms with van der Waals surface area (Å²) in [5.74, 6) is 0.298. The average molecular weight is 313 g/mol. The molecule has 6 nitrogen and oxygen atoms in total. The normalized spacial score (nSPS) is 24.9. The standard InChI is InChI=1S/C9H13ClN2O4S2/c10-9-2-1-8(5-11-9)18(15,16)12-7-3-4-17(13,14)6-7/h1-2,5,7,12-14H,3-4,6H2. The number of nitrogens with one attached hydrogen (secondary N) is 1. The van der Waals surface area contributed by atoms with Crippen molar-refractivity contribution in [3.63, 3.8) is 0 Å². The molecule has 1 aliphatic rings. The second kappa shape index (κ2) is 4.95. The maximum atomic E-state index is 12.0. The quantitative estimate of drug-likeness (QED) is 0.735. The van der Waals surface area contributed by atoms with Gasteiger partial charge in [-0.2, -0.15) is 10.6 Å². The van der Waals surface area contributed by atoms with Crippen LogP contribution in [-0.4, -0.2) is 40.1 Å². The van der Waals surface area contributed by atoms with Crippen LogP contribution < -0.4 is 4.72 Å². The molecule has 0 amide bonds. The predicted octanol–water partition coefficient (Wildman–Crippen LogP) is 1.54. The molecule has 0 bridgehead atoms. The van der Waals surface area contributed by atoms with Gasteiger partial charge in [-0.15, -0.1) is 0 Å². The van der Waals surface area contributed by atoms with Crippen molar-refractivity contribution in [3.05, 3.63) is 23.5 Å². The minimum absolute atomic E-state index is 0.00952. The Hall–Kier alpha value is -0.380. The Balaban J connectivity index is 2.11. The lowest BCUT2D eigenvalue weighted by Gasteiger charge is -2.26. The third kappa shape index (κ3) is 3.34. The number of hydrogen-bond acceptors (Lipinski definition) is 5. The molecule has 1 aromatic rings. The maximum absolute atomic E-state index is 12.0. The van der Waals surface area contributed by atoms with Crippen molar-refractivity contribution >= 4 is 32.2 Å². The van der Waals surface area contributed by atoms with Crippen molar-refractivity contribution in [2.45, 2.75) is 17.4 Å². The van der Waals surface area contributed by atoms with Gasteiger partial charge in [0.1, 0.15) is 10.0 Å². The molecule has 1 unspecified atom stereocenters. The van der Waals surface area contributed by atoms with E-state index >= 15 is 0 Å². The van der Waals surface area contributed by atoms with E-state index in [1.807, 2.05) is 0 Å². The summed E-state index contributed by atoms with van der Waals surface area (Å²) in [6.07, 6.45) is 1.58. The summed E-state index contributed by atoms with van der Waals surface area (Å²) >= 11 is 5.58. The van der Waals surface area contributed by atoms with Gasteiger partial charge in [-0.25, -0.2) is 18.1 Å². The Morgan fingerprint density at radius 1 is 1.44 bits per heavy atom. The van der Waals surface area contributed by atoms with Crippen LogP contribution in [0.1, 0.15) is 6.42 Å². The van der Waals surface area contributed by atoms with Crippen LogP contribution in [0.15, 0.2) is 23.2 Å². The molecule has 2 rings (SSSR count). The lowest BCUT2D eigenvalue weighted by Crippen LogP contribution is -2.35. The van der Waals surface area contributed by atoms with E-state index < -0.39 is 26.7 Å². The highest BCUT2D eigenvalue weighted by atomic mass is 35.5. The molecule has 0 aliphatic carbocycles. The first-order valence-electron chi connectivity index (χ1n) is 5.16. The summed E-state index contributed by atoms with van der Waals surface area (Å²) in [5.41, 5.74) is 0. The molecule has 18 heavy (non-hydrogen) atoms. The first-order valence-corrected chi connectivity index (χ1v) is 8.91. The molecule has 9 heteroatoms. The van der Waals surface area contributed by atoms with E-state index in [1.54, 1.807) is 0 Å². The Bertz CT molecular complexity index is 532. The van der Waals surface area contributed by atoms with Gasteiger partial charge in [0.05, 0.1) is 5.75 Å². The van der Waals surface area contributed by atoms with Crippen molar-refractivity contribution in [2.24, 2.45) is 0 Å². The van der Waals surface area contributed by atoms with Crippen molar-refractivity contribution in [1.82, 2.24) is 9.71 Å². The van der Waals surface area contributed by atoms with Crippen molar-refractivity contribution in [3.8, 4) is 0 Å². The molecular formula is C9H13ClN2O4S2. The second-order valence-electron chi connectivity index (χ2n) is 4.10. The Morgan fingerprint density at radius 2 is 2.17 bits per heavy atom. The zero-order valence-corrected chi connectivity index (χ0v) is 11.7. The van der Waals surface area contributed by atoms with E-state index in [9.17, 15) is 17.5 Å². The molecule has 1 aliphatic heterocycles. The first-order chi connectivity index (χ1) is 8.28. The van der Waals surface area contributed by atoms with Gasteiger partial charge in [0.25, 0.3) is 0 Å². The topological polar surface area (TPSA) is 99.5 Å². The van der Waals surface area contributed by atoms with Crippen LogP contribution in [0.4, 0.5) is 0 Å². The zero-order valence-electron chi connectivity index (χ0n) is 9.28. The van der Waals surface area contributed by atoms with Crippen molar-refractivity contribution in [1.29, 1.82) is 0 Å². The van der Waals surface area contributed by atoms with Gasteiger partial charge in [-0.3, -0.25) is 9.11 Å². The summed E-state index contributed by atoms with van der Waals surface area (Å²) < 4.78 is 45.2. The third-order valence-corrected chi connectivity index (χ3v) is 6.15. The van der Waals surface area contributed by atoms with Crippen LogP contribution in [0.2, 0.25) is 5.15 Å². The van der Waals surface area contributed by atoms with Crippen LogP contribution in [0, 0.1) is 0 Å². The molecule has 1 fully saturated rings. The minimum Gasteiger partial charge on any atom is -0.299 e. The summed E-state index contributed by atoms with van der Waals surface area (Å²) in [5, 5.41) is 0.212. The van der Waals surface area contributed by atoms with E-state index in [-0.39, 0.29) is 21.6 Å². The van der Waals surface area contributed by atoms with Gasteiger partial charge in [0.15, 0.2) is 0 Å². The summed E-state index contributed by atoms with van der Waals surface area (Å²) in [7, 11) is -6.31. The van der Waals surface area contributed by atoms with Gasteiger partial charge in [-0.1, -0.05) is 11.6 Å². The largest absolute Gasteiger partial charge is 0.299 e. The fraction of sp³-hybridized carbons (Fsp3) is 0.444. The van der Waals surface area contributed by atoms with Crippen LogP contribution in [-0.2, 0) is 10.0 Å². The predicted molar refractivity (Wildman–Crippen MR) is 70.6 cm³/mol. The lowest BCUT2D eigenvalue weighted by atomic mass is 10.3. The highest BCUT2D eigenvalue weighted by molar-refractivity contribution is 8.24. The number of halogens is 1. The summed E-state index contributed by atoms with van der Waals surface area (Å²) in [6, 6.07) is 2.29. The molecule has 1 saturated heterocycles. The summed E-state index contributed by atoms with van der Waals surface area (Å²) in [6.45, 7) is 0. The molecule has 3 N–H and O–H groups in total. The lowest BCUT2D eigenvalue weighted by molar-refractivity contribution is 0.494. The van der Waals surface area contributed by atoms with Crippen LogP contribution in [0.25, 0.3) is 0 Å². The highest BCUT2D eigenvalue weighted by Crippen LogP contribution is 2.45. The molecule has 0 spiro atoms. The zero-order chi connectivity index (χ0) is 13.4. The Morgan fingerprint density at radius 3 is 2.67 bits per heavy atom. The molecular weight excluding hydrogens is 300 g/mol. The molecule has 102 valence electrons. The van der Waals surface area contributed by atoms with Crippen LogP contribution >= 0.6 is 22.2 Å². The molecule has 1 aromatic heterocycles. The van der Waals surface area contributed by atoms with E-state index in [2.05, 4.69) is 9.71 Å². The van der Waals surface area contributed by atoms with E-state index in [1.165, 1.54) is 12.1 Å². The Kier molecular flexibility index (Phi) is 3.86. The smallest absolute Gasteiger partial charge is 0.242 e. The number of rotatable bonds is 3. The van der Waals surface area contributed by atoms with E-state index in [4.69, 9.17) is 11.6 Å². The van der Waals surface area contributed by atoms with Gasteiger partial charge in [-0.05, 0) is 18.6 Å². The molecule has 1 atom stereocenters. The van der Waals surface area contributed by atoms with E-state index in [0.29, 0.717) is 6.42 Å². The van der Waals surface area contributed by atoms with Crippen molar-refractivity contribution < 1.29 is 17.5 Å². The van der Waals surface area contributed by atoms with E-state index in [0.717, 1.165) is 6.20 Å². The number of pyridine rings is 1. The number of aromatic nitrogens is 1. The summed E-state index contributed by atoms with van der Waals surface area (Å²) in [4.78, 5) is 3.71. The fourth-order valence-corrected chi connectivity index (χ4v) is 4.88.